The lowest BCUT2D eigenvalue weighted by molar-refractivity contribution is 0.102. The van der Waals surface area contributed by atoms with E-state index < -0.39 is 0 Å². The first kappa shape index (κ1) is 12.6. The molecule has 2 aromatic heterocycles. The highest BCUT2D eigenvalue weighted by molar-refractivity contribution is 9.10. The van der Waals surface area contributed by atoms with Crippen LogP contribution in [-0.2, 0) is 0 Å². The number of rotatable bonds is 2. The highest BCUT2D eigenvalue weighted by Crippen LogP contribution is 2.15. The van der Waals surface area contributed by atoms with Crippen molar-refractivity contribution >= 4 is 38.7 Å². The average molecular weight is 333 g/mol. The van der Waals surface area contributed by atoms with E-state index in [-0.39, 0.29) is 11.6 Å². The second-order valence-corrected chi connectivity index (χ2v) is 5.07. The smallest absolute Gasteiger partial charge is 0.307 e. The van der Waals surface area contributed by atoms with E-state index in [1.807, 2.05) is 0 Å². The number of benzene rings is 1. The van der Waals surface area contributed by atoms with Crippen LogP contribution in [-0.4, -0.2) is 20.9 Å². The third-order valence-corrected chi connectivity index (χ3v) is 3.23. The van der Waals surface area contributed by atoms with Crippen LogP contribution in [0.2, 0.25) is 0 Å². The van der Waals surface area contributed by atoms with E-state index in [9.17, 15) is 9.59 Å². The predicted octanol–water partition coefficient (Wildman–Crippen LogP) is 2.27. The maximum atomic E-state index is 12.1. The molecule has 3 aromatic rings. The molecular weight excluding hydrogens is 324 g/mol. The molecule has 0 fully saturated rings. The number of fused-ring (bicyclic) bond motifs is 1. The maximum Gasteiger partial charge on any atom is 0.323 e. The van der Waals surface area contributed by atoms with E-state index >= 15 is 0 Å². The predicted molar refractivity (Wildman–Crippen MR) is 78.8 cm³/mol. The van der Waals surface area contributed by atoms with Gasteiger partial charge in [-0.1, -0.05) is 15.9 Å². The summed E-state index contributed by atoms with van der Waals surface area (Å²) in [6.45, 7) is 0. The van der Waals surface area contributed by atoms with E-state index in [1.165, 1.54) is 0 Å². The van der Waals surface area contributed by atoms with Crippen molar-refractivity contribution in [2.45, 2.75) is 0 Å². The molecule has 3 rings (SSSR count). The Hall–Kier alpha value is -2.41. The number of aromatic amines is 2. The fraction of sp³-hybridized carbons (Fsp3) is 0. The van der Waals surface area contributed by atoms with Gasteiger partial charge in [0.2, 0.25) is 0 Å². The molecule has 0 radical (unpaired) electrons. The lowest BCUT2D eigenvalue weighted by Crippen LogP contribution is -2.12. The van der Waals surface area contributed by atoms with Crippen molar-refractivity contribution in [2.24, 2.45) is 0 Å². The number of imidazole rings is 1. The Morgan fingerprint density at radius 2 is 1.95 bits per heavy atom. The molecule has 2 heterocycles. The molecule has 0 atom stereocenters. The number of hydrogen-bond donors (Lipinski definition) is 3. The van der Waals surface area contributed by atoms with Gasteiger partial charge in [-0.2, -0.15) is 0 Å². The van der Waals surface area contributed by atoms with E-state index in [0.717, 1.165) is 4.47 Å². The van der Waals surface area contributed by atoms with Crippen LogP contribution in [0.25, 0.3) is 11.0 Å². The summed E-state index contributed by atoms with van der Waals surface area (Å²) < 4.78 is 0.827. The summed E-state index contributed by atoms with van der Waals surface area (Å²) in [6, 6.07) is 8.40. The molecule has 0 spiro atoms. The van der Waals surface area contributed by atoms with Crippen molar-refractivity contribution in [3.05, 3.63) is 57.0 Å². The van der Waals surface area contributed by atoms with Crippen molar-refractivity contribution in [1.29, 1.82) is 0 Å². The van der Waals surface area contributed by atoms with Crippen molar-refractivity contribution in [3.63, 3.8) is 0 Å². The summed E-state index contributed by atoms with van der Waals surface area (Å²) in [5.41, 5.74) is 1.39. The van der Waals surface area contributed by atoms with Gasteiger partial charge in [-0.05, 0) is 30.3 Å². The number of hydrogen-bond acceptors (Lipinski definition) is 3. The fourth-order valence-corrected chi connectivity index (χ4v) is 2.17. The summed E-state index contributed by atoms with van der Waals surface area (Å²) in [7, 11) is 0. The molecule has 1 aromatic carbocycles. The number of nitrogens with zero attached hydrogens (tertiary/aromatic N) is 1. The molecule has 0 unspecified atom stereocenters. The molecule has 100 valence electrons. The Morgan fingerprint density at radius 1 is 1.15 bits per heavy atom. The van der Waals surface area contributed by atoms with Crippen LogP contribution >= 0.6 is 15.9 Å². The van der Waals surface area contributed by atoms with Crippen molar-refractivity contribution in [2.75, 3.05) is 5.32 Å². The number of aromatic nitrogens is 3. The first-order chi connectivity index (χ1) is 9.61. The zero-order chi connectivity index (χ0) is 14.1. The number of H-pyrrole nitrogens is 2. The lowest BCUT2D eigenvalue weighted by Gasteiger charge is -2.04. The second kappa shape index (κ2) is 4.93. The fourth-order valence-electron chi connectivity index (χ4n) is 1.84. The molecule has 0 saturated carbocycles. The molecular formula is C13H9BrN4O2. The SMILES string of the molecule is O=C(Nc1cc(Br)ccn1)c1ccc2[nH]c(=O)[nH]c2c1. The minimum atomic E-state index is -0.300. The van der Waals surface area contributed by atoms with Gasteiger partial charge in [0.1, 0.15) is 5.82 Å². The molecule has 6 nitrogen and oxygen atoms in total. The average Bonchev–Trinajstić information content (AvgIpc) is 2.77. The summed E-state index contributed by atoms with van der Waals surface area (Å²) in [6.07, 6.45) is 1.59. The van der Waals surface area contributed by atoms with Crippen LogP contribution in [0.4, 0.5) is 5.82 Å². The number of carbonyl (C=O) groups excluding carboxylic acids is 1. The molecule has 1 amide bonds. The quantitative estimate of drug-likeness (QED) is 0.672. The minimum absolute atomic E-state index is 0.292. The van der Waals surface area contributed by atoms with Gasteiger partial charge in [0.05, 0.1) is 11.0 Å². The first-order valence-corrected chi connectivity index (χ1v) is 6.56. The topological polar surface area (TPSA) is 90.6 Å². The highest BCUT2D eigenvalue weighted by atomic mass is 79.9. The largest absolute Gasteiger partial charge is 0.323 e. The van der Waals surface area contributed by atoms with Crippen molar-refractivity contribution < 1.29 is 4.79 Å². The Bertz CT molecular complexity index is 853. The van der Waals surface area contributed by atoms with Gasteiger partial charge < -0.3 is 15.3 Å². The molecule has 0 bridgehead atoms. The van der Waals surface area contributed by atoms with Gasteiger partial charge in [0, 0.05) is 16.2 Å². The number of carbonyl (C=O) groups is 1. The summed E-state index contributed by atoms with van der Waals surface area (Å²) in [5.74, 6) is 0.159. The van der Waals surface area contributed by atoms with Crippen LogP contribution in [0.15, 0.2) is 45.8 Å². The molecule has 0 aliphatic carbocycles. The Kier molecular flexibility index (Phi) is 3.11. The second-order valence-electron chi connectivity index (χ2n) is 4.15. The van der Waals surface area contributed by atoms with Crippen LogP contribution in [0.1, 0.15) is 10.4 Å². The Labute approximate surface area is 121 Å². The third kappa shape index (κ3) is 2.48. The number of amides is 1. The van der Waals surface area contributed by atoms with E-state index in [0.29, 0.717) is 22.4 Å². The lowest BCUT2D eigenvalue weighted by atomic mass is 10.2. The molecule has 3 N–H and O–H groups in total. The van der Waals surface area contributed by atoms with Crippen molar-refractivity contribution in [3.8, 4) is 0 Å². The van der Waals surface area contributed by atoms with E-state index in [1.54, 1.807) is 36.5 Å². The Morgan fingerprint density at radius 3 is 2.75 bits per heavy atom. The zero-order valence-corrected chi connectivity index (χ0v) is 11.7. The standard InChI is InChI=1S/C13H9BrN4O2/c14-8-3-4-15-11(6-8)18-12(19)7-1-2-9-10(5-7)17-13(20)16-9/h1-6H,(H,15,18,19)(H2,16,17,20). The summed E-state index contributed by atoms with van der Waals surface area (Å²) >= 11 is 3.31. The van der Waals surface area contributed by atoms with Gasteiger partial charge in [-0.25, -0.2) is 9.78 Å². The molecule has 20 heavy (non-hydrogen) atoms. The number of nitrogens with one attached hydrogen (secondary N) is 3. The normalized spacial score (nSPS) is 10.7. The van der Waals surface area contributed by atoms with Gasteiger partial charge in [0.25, 0.3) is 5.91 Å². The number of anilines is 1. The number of halogens is 1. The van der Waals surface area contributed by atoms with Gasteiger partial charge in [-0.3, -0.25) is 4.79 Å². The summed E-state index contributed by atoms with van der Waals surface area (Å²) in [4.78, 5) is 32.6. The van der Waals surface area contributed by atoms with Gasteiger partial charge in [0.15, 0.2) is 0 Å². The zero-order valence-electron chi connectivity index (χ0n) is 10.1. The Balaban J connectivity index is 1.90. The molecule has 0 saturated heterocycles. The van der Waals surface area contributed by atoms with Crippen LogP contribution in [0, 0.1) is 0 Å². The van der Waals surface area contributed by atoms with Crippen LogP contribution in [0.3, 0.4) is 0 Å². The van der Waals surface area contributed by atoms with Gasteiger partial charge >= 0.3 is 5.69 Å². The molecule has 0 aliphatic rings. The molecule has 7 heteroatoms. The maximum absolute atomic E-state index is 12.1. The minimum Gasteiger partial charge on any atom is -0.307 e. The van der Waals surface area contributed by atoms with Crippen LogP contribution < -0.4 is 11.0 Å². The van der Waals surface area contributed by atoms with E-state index in [4.69, 9.17) is 0 Å². The first-order valence-electron chi connectivity index (χ1n) is 5.77. The monoisotopic (exact) mass is 332 g/mol. The molecule has 0 aliphatic heterocycles. The van der Waals surface area contributed by atoms with Crippen molar-refractivity contribution in [1.82, 2.24) is 15.0 Å². The third-order valence-electron chi connectivity index (χ3n) is 2.74. The van der Waals surface area contributed by atoms with Crippen LogP contribution in [0.5, 0.6) is 0 Å². The highest BCUT2D eigenvalue weighted by Gasteiger charge is 2.09. The number of pyridine rings is 1. The summed E-state index contributed by atoms with van der Waals surface area (Å²) in [5, 5.41) is 2.69. The van der Waals surface area contributed by atoms with Gasteiger partial charge in [-0.15, -0.1) is 0 Å². The van der Waals surface area contributed by atoms with E-state index in [2.05, 4.69) is 36.2 Å².